The Kier molecular flexibility index (Phi) is 5.38. The summed E-state index contributed by atoms with van der Waals surface area (Å²) in [6.07, 6.45) is 1.87. The largest absolute Gasteiger partial charge is 0.465 e. The molecule has 0 saturated carbocycles. The van der Waals surface area contributed by atoms with Gasteiger partial charge in [-0.25, -0.2) is 4.72 Å². The highest BCUT2D eigenvalue weighted by Crippen LogP contribution is 2.24. The van der Waals surface area contributed by atoms with E-state index in [1.807, 2.05) is 19.1 Å². The predicted octanol–water partition coefficient (Wildman–Crippen LogP) is 0.892. The van der Waals surface area contributed by atoms with Crippen LogP contribution in [0.4, 0.5) is 0 Å². The van der Waals surface area contributed by atoms with E-state index in [9.17, 15) is 8.42 Å². The van der Waals surface area contributed by atoms with Crippen LogP contribution in [0.3, 0.4) is 0 Å². The Bertz CT molecular complexity index is 604. The third kappa shape index (κ3) is 4.13. The Labute approximate surface area is 137 Å². The first-order valence-electron chi connectivity index (χ1n) is 8.19. The van der Waals surface area contributed by atoms with E-state index in [0.29, 0.717) is 32.8 Å². The second kappa shape index (κ2) is 7.31. The number of hydrogen-bond donors (Lipinski definition) is 1. The Morgan fingerprint density at radius 2 is 1.87 bits per heavy atom. The quantitative estimate of drug-likeness (QED) is 0.830. The van der Waals surface area contributed by atoms with Crippen LogP contribution >= 0.6 is 0 Å². The first-order valence-corrected chi connectivity index (χ1v) is 9.63. The number of aryl methyl sites for hydroxylation is 1. The molecule has 0 spiro atoms. The van der Waals surface area contributed by atoms with Gasteiger partial charge in [-0.05, 0) is 31.9 Å². The molecule has 1 aromatic heterocycles. The van der Waals surface area contributed by atoms with Gasteiger partial charge in [0.2, 0.25) is 0 Å². The van der Waals surface area contributed by atoms with Crippen molar-refractivity contribution < 1.29 is 17.6 Å². The molecule has 7 nitrogen and oxygen atoms in total. The summed E-state index contributed by atoms with van der Waals surface area (Å²) in [6.45, 7) is 6.30. The molecule has 0 aromatic carbocycles. The van der Waals surface area contributed by atoms with Crippen LogP contribution < -0.4 is 4.72 Å². The van der Waals surface area contributed by atoms with Crippen molar-refractivity contribution in [3.05, 3.63) is 23.7 Å². The molecule has 1 atom stereocenters. The molecule has 3 heterocycles. The van der Waals surface area contributed by atoms with E-state index < -0.39 is 10.2 Å². The Balaban J connectivity index is 1.70. The van der Waals surface area contributed by atoms with Crippen molar-refractivity contribution in [2.75, 3.05) is 45.9 Å². The Morgan fingerprint density at radius 3 is 2.48 bits per heavy atom. The molecule has 2 saturated heterocycles. The van der Waals surface area contributed by atoms with Crippen LogP contribution in [0.5, 0.6) is 0 Å². The van der Waals surface area contributed by atoms with Crippen LogP contribution in [0.25, 0.3) is 0 Å². The van der Waals surface area contributed by atoms with Gasteiger partial charge in [0, 0.05) is 32.7 Å². The van der Waals surface area contributed by atoms with Gasteiger partial charge in [0.25, 0.3) is 10.2 Å². The minimum Gasteiger partial charge on any atom is -0.465 e. The number of ether oxygens (including phenoxy) is 1. The molecule has 0 bridgehead atoms. The molecular weight excluding hydrogens is 318 g/mol. The molecule has 0 radical (unpaired) electrons. The number of hydrogen-bond acceptors (Lipinski definition) is 5. The molecule has 2 fully saturated rings. The van der Waals surface area contributed by atoms with E-state index in [2.05, 4.69) is 9.62 Å². The fraction of sp³-hybridized carbons (Fsp3) is 0.733. The van der Waals surface area contributed by atoms with E-state index in [1.54, 1.807) is 0 Å². The number of furan rings is 1. The fourth-order valence-electron chi connectivity index (χ4n) is 3.14. The highest BCUT2D eigenvalue weighted by molar-refractivity contribution is 7.87. The maximum atomic E-state index is 12.4. The molecule has 130 valence electrons. The minimum atomic E-state index is -3.41. The normalized spacial score (nSPS) is 22.5. The monoisotopic (exact) mass is 343 g/mol. The fourth-order valence-corrected chi connectivity index (χ4v) is 4.43. The maximum Gasteiger partial charge on any atom is 0.279 e. The average molecular weight is 343 g/mol. The van der Waals surface area contributed by atoms with Gasteiger partial charge in [-0.2, -0.15) is 12.7 Å². The third-order valence-corrected chi connectivity index (χ3v) is 6.02. The minimum absolute atomic E-state index is 0.107. The van der Waals surface area contributed by atoms with Gasteiger partial charge in [-0.1, -0.05) is 0 Å². The molecule has 23 heavy (non-hydrogen) atoms. The smallest absolute Gasteiger partial charge is 0.279 e. The molecule has 1 unspecified atom stereocenters. The van der Waals surface area contributed by atoms with Crippen molar-refractivity contribution in [2.45, 2.75) is 25.8 Å². The standard InChI is InChI=1S/C15H25N3O4S/c1-13-4-5-15(22-13)14(17-8-10-21-11-9-17)12-16-23(19,20)18-6-2-3-7-18/h4-5,14,16H,2-3,6-12H2,1H3. The summed E-state index contributed by atoms with van der Waals surface area (Å²) in [5.41, 5.74) is 0. The van der Waals surface area contributed by atoms with Crippen LogP contribution in [0.2, 0.25) is 0 Å². The molecule has 8 heteroatoms. The summed E-state index contributed by atoms with van der Waals surface area (Å²) in [7, 11) is -3.41. The summed E-state index contributed by atoms with van der Waals surface area (Å²) in [5, 5.41) is 0. The molecule has 1 N–H and O–H groups in total. The molecule has 2 aliphatic rings. The van der Waals surface area contributed by atoms with Crippen molar-refractivity contribution in [1.29, 1.82) is 0 Å². The maximum absolute atomic E-state index is 12.4. The van der Waals surface area contributed by atoms with Crippen molar-refractivity contribution in [2.24, 2.45) is 0 Å². The van der Waals surface area contributed by atoms with Crippen LogP contribution in [-0.2, 0) is 14.9 Å². The van der Waals surface area contributed by atoms with Gasteiger partial charge >= 0.3 is 0 Å². The first-order chi connectivity index (χ1) is 11.1. The van der Waals surface area contributed by atoms with E-state index in [4.69, 9.17) is 9.15 Å². The zero-order chi connectivity index (χ0) is 16.3. The van der Waals surface area contributed by atoms with Gasteiger partial charge in [-0.3, -0.25) is 4.90 Å². The molecular formula is C15H25N3O4S. The number of morpholine rings is 1. The van der Waals surface area contributed by atoms with Crippen molar-refractivity contribution in [3.63, 3.8) is 0 Å². The van der Waals surface area contributed by atoms with Crippen LogP contribution in [0, 0.1) is 6.92 Å². The summed E-state index contributed by atoms with van der Waals surface area (Å²) < 4.78 is 40.2. The lowest BCUT2D eigenvalue weighted by molar-refractivity contribution is 0.0126. The summed E-state index contributed by atoms with van der Waals surface area (Å²) in [5.74, 6) is 1.63. The lowest BCUT2D eigenvalue weighted by Gasteiger charge is -2.33. The van der Waals surface area contributed by atoms with Gasteiger partial charge < -0.3 is 9.15 Å². The lowest BCUT2D eigenvalue weighted by atomic mass is 10.2. The molecule has 2 aliphatic heterocycles. The summed E-state index contributed by atoms with van der Waals surface area (Å²) >= 11 is 0. The molecule has 1 aromatic rings. The van der Waals surface area contributed by atoms with E-state index in [-0.39, 0.29) is 6.04 Å². The van der Waals surface area contributed by atoms with Gasteiger partial charge in [0.05, 0.1) is 19.3 Å². The van der Waals surface area contributed by atoms with E-state index >= 15 is 0 Å². The SMILES string of the molecule is Cc1ccc(C(CNS(=O)(=O)N2CCCC2)N2CCOCC2)o1. The predicted molar refractivity (Wildman–Crippen MR) is 86.3 cm³/mol. The third-order valence-electron chi connectivity index (χ3n) is 4.44. The molecule has 3 rings (SSSR count). The zero-order valence-corrected chi connectivity index (χ0v) is 14.3. The molecule has 0 amide bonds. The van der Waals surface area contributed by atoms with E-state index in [0.717, 1.165) is 37.5 Å². The highest BCUT2D eigenvalue weighted by atomic mass is 32.2. The Morgan fingerprint density at radius 1 is 1.17 bits per heavy atom. The summed E-state index contributed by atoms with van der Waals surface area (Å²) in [6, 6.07) is 3.74. The first kappa shape index (κ1) is 16.9. The molecule has 0 aliphatic carbocycles. The summed E-state index contributed by atoms with van der Waals surface area (Å²) in [4.78, 5) is 2.22. The highest BCUT2D eigenvalue weighted by Gasteiger charge is 2.30. The lowest BCUT2D eigenvalue weighted by Crippen LogP contribution is -2.46. The van der Waals surface area contributed by atoms with Gasteiger partial charge in [0.15, 0.2) is 0 Å². The van der Waals surface area contributed by atoms with E-state index in [1.165, 1.54) is 4.31 Å². The van der Waals surface area contributed by atoms with Crippen LogP contribution in [0.1, 0.15) is 30.4 Å². The number of nitrogens with zero attached hydrogens (tertiary/aromatic N) is 2. The van der Waals surface area contributed by atoms with Crippen molar-refractivity contribution in [3.8, 4) is 0 Å². The van der Waals surface area contributed by atoms with Crippen LogP contribution in [-0.4, -0.2) is 63.6 Å². The van der Waals surface area contributed by atoms with Gasteiger partial charge in [0.1, 0.15) is 11.5 Å². The zero-order valence-electron chi connectivity index (χ0n) is 13.5. The topological polar surface area (TPSA) is 75.0 Å². The van der Waals surface area contributed by atoms with Crippen molar-refractivity contribution in [1.82, 2.24) is 13.9 Å². The van der Waals surface area contributed by atoms with Crippen LogP contribution in [0.15, 0.2) is 16.5 Å². The Hall–Kier alpha value is -0.930. The second-order valence-corrected chi connectivity index (χ2v) is 7.83. The van der Waals surface area contributed by atoms with Gasteiger partial charge in [-0.15, -0.1) is 0 Å². The number of nitrogens with one attached hydrogen (secondary N) is 1. The second-order valence-electron chi connectivity index (χ2n) is 6.07. The average Bonchev–Trinajstić information content (AvgIpc) is 3.21. The van der Waals surface area contributed by atoms with Crippen molar-refractivity contribution >= 4 is 10.2 Å². The number of rotatable bonds is 6.